The van der Waals surface area contributed by atoms with Crippen LogP contribution in [-0.4, -0.2) is 28.1 Å². The van der Waals surface area contributed by atoms with Crippen LogP contribution in [-0.2, 0) is 6.18 Å². The lowest BCUT2D eigenvalue weighted by atomic mass is 10.0. The van der Waals surface area contributed by atoms with E-state index in [0.717, 1.165) is 6.07 Å². The molecule has 5 nitrogen and oxygen atoms in total. The number of alkyl halides is 3. The first-order valence-corrected chi connectivity index (χ1v) is 8.72. The number of pyridine rings is 1. The molecule has 2 N–H and O–H groups in total. The molecule has 2 aromatic heterocycles. The minimum atomic E-state index is -4.61. The molecular formula is C21H15F3N4O. The second kappa shape index (κ2) is 7.05. The normalized spacial score (nSPS) is 11.6. The molecule has 0 aliphatic carbocycles. The van der Waals surface area contributed by atoms with E-state index in [-0.39, 0.29) is 28.3 Å². The van der Waals surface area contributed by atoms with Crippen molar-refractivity contribution in [1.82, 2.24) is 20.5 Å². The monoisotopic (exact) mass is 396 g/mol. The maximum atomic E-state index is 13.9. The van der Waals surface area contributed by atoms with E-state index in [1.807, 2.05) is 0 Å². The standard InChI is InChI=1S/C21H15F3N4O/c1-25-20(29)14-9-5-8-13(10-14)16-11-15(21(22,23)24)17-18(27-28-19(17)26-16)12-6-3-2-4-7-12/h2-11H,1H3,(H,25,29)(H,26,27,28). The van der Waals surface area contributed by atoms with Crippen LogP contribution in [0.2, 0.25) is 0 Å². The summed E-state index contributed by atoms with van der Waals surface area (Å²) in [6.45, 7) is 0. The van der Waals surface area contributed by atoms with Crippen LogP contribution in [0.4, 0.5) is 13.2 Å². The summed E-state index contributed by atoms with van der Waals surface area (Å²) in [5.41, 5.74) is 0.758. The van der Waals surface area contributed by atoms with Crippen molar-refractivity contribution in [2.24, 2.45) is 0 Å². The van der Waals surface area contributed by atoms with Crippen molar-refractivity contribution in [2.45, 2.75) is 6.18 Å². The number of aromatic nitrogens is 3. The topological polar surface area (TPSA) is 70.7 Å². The summed E-state index contributed by atoms with van der Waals surface area (Å²) in [4.78, 5) is 16.2. The molecule has 4 aromatic rings. The van der Waals surface area contributed by atoms with Crippen molar-refractivity contribution >= 4 is 16.9 Å². The Hall–Kier alpha value is -3.68. The molecule has 0 aliphatic heterocycles. The van der Waals surface area contributed by atoms with Crippen LogP contribution in [0.25, 0.3) is 33.5 Å². The quantitative estimate of drug-likeness (QED) is 0.529. The summed E-state index contributed by atoms with van der Waals surface area (Å²) in [6.07, 6.45) is -4.61. The van der Waals surface area contributed by atoms with Gasteiger partial charge in [0.05, 0.1) is 22.3 Å². The number of H-pyrrole nitrogens is 1. The smallest absolute Gasteiger partial charge is 0.355 e. The van der Waals surface area contributed by atoms with E-state index >= 15 is 0 Å². The van der Waals surface area contributed by atoms with E-state index in [1.54, 1.807) is 48.5 Å². The summed E-state index contributed by atoms with van der Waals surface area (Å²) in [5, 5.41) is 9.10. The Labute approximate surface area is 163 Å². The van der Waals surface area contributed by atoms with E-state index < -0.39 is 11.7 Å². The number of fused-ring (bicyclic) bond motifs is 1. The molecule has 0 unspecified atom stereocenters. The molecule has 4 rings (SSSR count). The van der Waals surface area contributed by atoms with Gasteiger partial charge in [0.25, 0.3) is 5.91 Å². The number of hydrogen-bond acceptors (Lipinski definition) is 3. The highest BCUT2D eigenvalue weighted by molar-refractivity contribution is 5.97. The first kappa shape index (κ1) is 18.7. The molecule has 0 radical (unpaired) electrons. The molecule has 2 aromatic carbocycles. The van der Waals surface area contributed by atoms with Crippen LogP contribution in [0, 0.1) is 0 Å². The number of carbonyl (C=O) groups excluding carboxylic acids is 1. The highest BCUT2D eigenvalue weighted by atomic mass is 19.4. The Morgan fingerprint density at radius 3 is 2.41 bits per heavy atom. The molecule has 0 spiro atoms. The van der Waals surface area contributed by atoms with Crippen LogP contribution < -0.4 is 5.32 Å². The minimum absolute atomic E-state index is 0.0426. The molecule has 0 atom stereocenters. The number of rotatable bonds is 3. The summed E-state index contributed by atoms with van der Waals surface area (Å²) < 4.78 is 41.7. The molecule has 1 amide bonds. The molecule has 0 fully saturated rings. The second-order valence-corrected chi connectivity index (χ2v) is 6.38. The maximum absolute atomic E-state index is 13.9. The number of hydrogen-bond donors (Lipinski definition) is 2. The third-order valence-electron chi connectivity index (χ3n) is 4.54. The summed E-state index contributed by atoms with van der Waals surface area (Å²) in [6, 6.07) is 15.9. The lowest BCUT2D eigenvalue weighted by molar-refractivity contribution is -0.136. The van der Waals surface area contributed by atoms with Gasteiger partial charge in [-0.1, -0.05) is 42.5 Å². The highest BCUT2D eigenvalue weighted by Gasteiger charge is 2.35. The van der Waals surface area contributed by atoms with Gasteiger partial charge >= 0.3 is 6.18 Å². The predicted molar refractivity (Wildman–Crippen MR) is 103 cm³/mol. The van der Waals surface area contributed by atoms with Crippen molar-refractivity contribution in [1.29, 1.82) is 0 Å². The average molecular weight is 396 g/mol. The van der Waals surface area contributed by atoms with Crippen LogP contribution in [0.15, 0.2) is 60.7 Å². The van der Waals surface area contributed by atoms with Gasteiger partial charge in [-0.25, -0.2) is 4.98 Å². The molecule has 0 bridgehead atoms. The fourth-order valence-corrected chi connectivity index (χ4v) is 3.17. The van der Waals surface area contributed by atoms with Gasteiger partial charge in [0.1, 0.15) is 0 Å². The largest absolute Gasteiger partial charge is 0.417 e. The molecule has 29 heavy (non-hydrogen) atoms. The maximum Gasteiger partial charge on any atom is 0.417 e. The predicted octanol–water partition coefficient (Wildman–Crippen LogP) is 4.67. The number of carbonyl (C=O) groups is 1. The van der Waals surface area contributed by atoms with Crippen LogP contribution in [0.1, 0.15) is 15.9 Å². The number of benzene rings is 2. The van der Waals surface area contributed by atoms with E-state index in [4.69, 9.17) is 0 Å². The fourth-order valence-electron chi connectivity index (χ4n) is 3.17. The van der Waals surface area contributed by atoms with Gasteiger partial charge in [-0.2, -0.15) is 18.3 Å². The Morgan fingerprint density at radius 1 is 1.00 bits per heavy atom. The Morgan fingerprint density at radius 2 is 1.72 bits per heavy atom. The Kier molecular flexibility index (Phi) is 4.54. The van der Waals surface area contributed by atoms with Gasteiger partial charge in [-0.05, 0) is 18.2 Å². The number of amides is 1. The number of aromatic amines is 1. The van der Waals surface area contributed by atoms with E-state index in [0.29, 0.717) is 16.7 Å². The molecule has 146 valence electrons. The molecule has 0 saturated carbocycles. The molecule has 0 aliphatic rings. The highest BCUT2D eigenvalue weighted by Crippen LogP contribution is 2.40. The summed E-state index contributed by atoms with van der Waals surface area (Å²) >= 11 is 0. The van der Waals surface area contributed by atoms with Crippen molar-refractivity contribution < 1.29 is 18.0 Å². The summed E-state index contributed by atoms with van der Waals surface area (Å²) in [7, 11) is 1.48. The van der Waals surface area contributed by atoms with Gasteiger partial charge < -0.3 is 5.32 Å². The molecule has 8 heteroatoms. The van der Waals surface area contributed by atoms with E-state index in [2.05, 4.69) is 20.5 Å². The van der Waals surface area contributed by atoms with E-state index in [9.17, 15) is 18.0 Å². The lowest BCUT2D eigenvalue weighted by Crippen LogP contribution is -2.17. The lowest BCUT2D eigenvalue weighted by Gasteiger charge is -2.12. The minimum Gasteiger partial charge on any atom is -0.355 e. The first-order valence-electron chi connectivity index (χ1n) is 8.72. The van der Waals surface area contributed by atoms with Crippen LogP contribution in [0.5, 0.6) is 0 Å². The van der Waals surface area contributed by atoms with Gasteiger partial charge in [-0.15, -0.1) is 0 Å². The zero-order valence-electron chi connectivity index (χ0n) is 15.2. The van der Waals surface area contributed by atoms with Gasteiger partial charge in [0.2, 0.25) is 0 Å². The van der Waals surface area contributed by atoms with Crippen LogP contribution >= 0.6 is 0 Å². The third kappa shape index (κ3) is 3.44. The molecule has 2 heterocycles. The Bertz CT molecular complexity index is 1200. The van der Waals surface area contributed by atoms with Crippen molar-refractivity contribution in [3.8, 4) is 22.5 Å². The molecular weight excluding hydrogens is 381 g/mol. The molecule has 0 saturated heterocycles. The zero-order chi connectivity index (χ0) is 20.6. The fraction of sp³-hybridized carbons (Fsp3) is 0.0952. The Balaban J connectivity index is 1.95. The number of nitrogens with one attached hydrogen (secondary N) is 2. The third-order valence-corrected chi connectivity index (χ3v) is 4.54. The van der Waals surface area contributed by atoms with E-state index in [1.165, 1.54) is 13.1 Å². The number of nitrogens with zero attached hydrogens (tertiary/aromatic N) is 2. The van der Waals surface area contributed by atoms with Crippen molar-refractivity contribution in [3.63, 3.8) is 0 Å². The number of halogens is 3. The zero-order valence-corrected chi connectivity index (χ0v) is 15.2. The average Bonchev–Trinajstić information content (AvgIpc) is 3.16. The first-order chi connectivity index (χ1) is 13.9. The SMILES string of the molecule is CNC(=O)c1cccc(-c2cc(C(F)(F)F)c3c(-c4ccccc4)[nH]nc3n2)c1. The van der Waals surface area contributed by atoms with Crippen LogP contribution in [0.3, 0.4) is 0 Å². The van der Waals surface area contributed by atoms with Gasteiger partial charge in [0, 0.05) is 23.7 Å². The summed E-state index contributed by atoms with van der Waals surface area (Å²) in [5.74, 6) is -0.338. The van der Waals surface area contributed by atoms with Gasteiger partial charge in [0.15, 0.2) is 5.65 Å². The van der Waals surface area contributed by atoms with Crippen molar-refractivity contribution in [2.75, 3.05) is 7.05 Å². The van der Waals surface area contributed by atoms with Crippen molar-refractivity contribution in [3.05, 3.63) is 71.8 Å². The van der Waals surface area contributed by atoms with Gasteiger partial charge in [-0.3, -0.25) is 9.89 Å². The second-order valence-electron chi connectivity index (χ2n) is 6.38.